The van der Waals surface area contributed by atoms with Crippen molar-refractivity contribution in [2.24, 2.45) is 23.7 Å². The van der Waals surface area contributed by atoms with Gasteiger partial charge in [-0.15, -0.1) is 0 Å². The van der Waals surface area contributed by atoms with Crippen LogP contribution in [-0.2, 0) is 35.5 Å². The molecule has 4 aromatic rings. The predicted octanol–water partition coefficient (Wildman–Crippen LogP) is 7.15. The Morgan fingerprint density at radius 3 is 2.28 bits per heavy atom. The second-order valence-corrected chi connectivity index (χ2v) is 16.3. The number of nitrogens with one attached hydrogen (secondary N) is 1. The minimum atomic E-state index is -4.77. The summed E-state index contributed by atoms with van der Waals surface area (Å²) in [6, 6.07) is 18.9. The van der Waals surface area contributed by atoms with Gasteiger partial charge in [-0.3, -0.25) is 29.5 Å². The topological polar surface area (TPSA) is 142 Å². The van der Waals surface area contributed by atoms with Crippen LogP contribution in [-0.4, -0.2) is 72.1 Å². The van der Waals surface area contributed by atoms with E-state index < -0.39 is 75.4 Å². The number of fused-ring (bicyclic) bond motifs is 4. The van der Waals surface area contributed by atoms with E-state index in [2.05, 4.69) is 15.3 Å². The van der Waals surface area contributed by atoms with Crippen LogP contribution >= 0.6 is 23.2 Å². The molecule has 3 saturated heterocycles. The van der Waals surface area contributed by atoms with Gasteiger partial charge in [0.05, 0.1) is 59.8 Å². The van der Waals surface area contributed by atoms with E-state index in [-0.39, 0.29) is 35.7 Å². The first-order chi connectivity index (χ1) is 28.7. The summed E-state index contributed by atoms with van der Waals surface area (Å²) < 4.78 is 51.6. The third-order valence-corrected chi connectivity index (χ3v) is 13.1. The molecule has 3 aromatic carbocycles. The molecule has 9 rings (SSSR count). The predicted molar refractivity (Wildman–Crippen MR) is 213 cm³/mol. The number of carbonyl (C=O) groups excluding carboxylic acids is 4. The molecule has 310 valence electrons. The van der Waals surface area contributed by atoms with Crippen LogP contribution in [0.25, 0.3) is 0 Å². The van der Waals surface area contributed by atoms with Crippen LogP contribution in [0.5, 0.6) is 11.5 Å². The number of alkyl halides is 3. The number of halogens is 5. The van der Waals surface area contributed by atoms with E-state index in [4.69, 9.17) is 32.7 Å². The van der Waals surface area contributed by atoms with Gasteiger partial charge in [0.1, 0.15) is 0 Å². The van der Waals surface area contributed by atoms with Crippen molar-refractivity contribution in [1.82, 2.24) is 9.99 Å². The molecule has 17 heteroatoms. The number of phenolic OH excluding ortho intramolecular Hbond substituents is 1. The maximum absolute atomic E-state index is 15.4. The van der Waals surface area contributed by atoms with Gasteiger partial charge in [0.25, 0.3) is 11.8 Å². The average molecular weight is 863 g/mol. The van der Waals surface area contributed by atoms with Crippen LogP contribution in [0.1, 0.15) is 35.4 Å². The molecule has 0 bridgehead atoms. The van der Waals surface area contributed by atoms with Crippen molar-refractivity contribution >= 4 is 64.0 Å². The summed E-state index contributed by atoms with van der Waals surface area (Å²) in [5.41, 5.74) is 2.07. The maximum Gasteiger partial charge on any atom is 0.417 e. The Morgan fingerprint density at radius 1 is 0.917 bits per heavy atom. The minimum absolute atomic E-state index is 0.0815. The molecule has 6 atom stereocenters. The summed E-state index contributed by atoms with van der Waals surface area (Å²) >= 11 is 12.6. The number of rotatable bonds is 7. The Hall–Kier alpha value is -5.64. The fourth-order valence-corrected chi connectivity index (χ4v) is 10.3. The minimum Gasteiger partial charge on any atom is -0.504 e. The van der Waals surface area contributed by atoms with Crippen LogP contribution < -0.4 is 20.0 Å². The van der Waals surface area contributed by atoms with Crippen molar-refractivity contribution in [1.29, 1.82) is 0 Å². The van der Waals surface area contributed by atoms with Crippen LogP contribution in [0.15, 0.2) is 90.6 Å². The lowest BCUT2D eigenvalue weighted by Gasteiger charge is -2.50. The van der Waals surface area contributed by atoms with E-state index >= 15 is 4.79 Å². The summed E-state index contributed by atoms with van der Waals surface area (Å²) in [7, 11) is 1.37. The number of hydrogen-bond acceptors (Lipinski definition) is 10. The number of methoxy groups -OCH3 is 1. The van der Waals surface area contributed by atoms with Crippen molar-refractivity contribution < 1.29 is 46.9 Å². The molecule has 0 radical (unpaired) electrons. The zero-order chi connectivity index (χ0) is 42.2. The van der Waals surface area contributed by atoms with E-state index in [1.54, 1.807) is 48.5 Å². The van der Waals surface area contributed by atoms with Gasteiger partial charge in [0.15, 0.2) is 17.3 Å². The molecule has 2 N–H and O–H groups in total. The molecule has 0 spiro atoms. The Labute approximate surface area is 351 Å². The first-order valence-electron chi connectivity index (χ1n) is 19.3. The fourth-order valence-electron chi connectivity index (χ4n) is 9.95. The molecule has 5 aliphatic rings. The molecule has 3 aliphatic heterocycles. The van der Waals surface area contributed by atoms with Crippen molar-refractivity contribution in [2.45, 2.75) is 30.4 Å². The van der Waals surface area contributed by atoms with E-state index in [9.17, 15) is 32.7 Å². The lowest BCUT2D eigenvalue weighted by molar-refractivity contribution is -0.139. The molecule has 6 unspecified atom stereocenters. The zero-order valence-corrected chi connectivity index (χ0v) is 33.3. The third kappa shape index (κ3) is 6.11. The number of anilines is 3. The van der Waals surface area contributed by atoms with E-state index in [0.717, 1.165) is 5.69 Å². The second-order valence-electron chi connectivity index (χ2n) is 15.4. The number of allylic oxidation sites excluding steroid dienone is 2. The number of hydrogen-bond donors (Lipinski definition) is 2. The smallest absolute Gasteiger partial charge is 0.417 e. The Bertz CT molecular complexity index is 2460. The van der Waals surface area contributed by atoms with Crippen molar-refractivity contribution in [3.63, 3.8) is 0 Å². The number of hydrazine groups is 1. The molecule has 1 saturated carbocycles. The largest absolute Gasteiger partial charge is 0.504 e. The van der Waals surface area contributed by atoms with Crippen molar-refractivity contribution in [3.05, 3.63) is 117 Å². The van der Waals surface area contributed by atoms with Crippen molar-refractivity contribution in [2.75, 3.05) is 48.6 Å². The summed E-state index contributed by atoms with van der Waals surface area (Å²) in [5.74, 6) is -7.96. The maximum atomic E-state index is 15.4. The Kier molecular flexibility index (Phi) is 9.83. The highest BCUT2D eigenvalue weighted by Gasteiger charge is 2.71. The first kappa shape index (κ1) is 39.8. The molecule has 4 heterocycles. The number of pyridine rings is 1. The number of aromatic hydroxyl groups is 1. The monoisotopic (exact) mass is 861 g/mol. The number of amides is 4. The first-order valence-corrected chi connectivity index (χ1v) is 20.0. The number of morpholine rings is 1. The van der Waals surface area contributed by atoms with E-state index in [1.807, 2.05) is 18.2 Å². The number of para-hydroxylation sites is 1. The standard InChI is InChI=1S/C43H36Cl2F3N5O7/c1-59-33-4-2-3-29(36(33)54)35-27-13-14-28-34(40(57)52(38(28)55)26-11-9-25(10-12-26)51-15-17-60-18-16-51)30(27)20-31-39(56)53(41(58)42(31,35)22-5-7-24(44)8-6-22)50-37-32(45)19-23(21-49-37)43(46,47)48/h2-13,19,21,28,30-31,34-35,54H,14-18,20H2,1H3,(H,49,50). The van der Waals surface area contributed by atoms with Crippen LogP contribution in [0.2, 0.25) is 10.0 Å². The molecule has 4 amide bonds. The third-order valence-electron chi connectivity index (χ3n) is 12.6. The van der Waals surface area contributed by atoms with Crippen LogP contribution in [0.4, 0.5) is 30.4 Å². The molecule has 2 aliphatic carbocycles. The lowest BCUT2D eigenvalue weighted by atomic mass is 9.49. The van der Waals surface area contributed by atoms with Gasteiger partial charge in [0.2, 0.25) is 11.8 Å². The number of benzene rings is 3. The average Bonchev–Trinajstić information content (AvgIpc) is 3.62. The highest BCUT2D eigenvalue weighted by atomic mass is 35.5. The molecular formula is C43H36Cl2F3N5O7. The molecule has 1 aromatic heterocycles. The van der Waals surface area contributed by atoms with Gasteiger partial charge in [-0.25, -0.2) is 4.98 Å². The fraction of sp³-hybridized carbons (Fsp3) is 0.326. The lowest BCUT2D eigenvalue weighted by Crippen LogP contribution is -2.53. The van der Waals surface area contributed by atoms with Gasteiger partial charge in [0, 0.05) is 41.5 Å². The number of imide groups is 2. The number of phenols is 1. The van der Waals surface area contributed by atoms with Gasteiger partial charge in [-0.1, -0.05) is 59.1 Å². The van der Waals surface area contributed by atoms with Gasteiger partial charge >= 0.3 is 6.18 Å². The number of ether oxygens (including phenoxy) is 2. The Balaban J connectivity index is 1.17. The highest BCUT2D eigenvalue weighted by Crippen LogP contribution is 2.65. The number of nitrogens with zero attached hydrogens (tertiary/aromatic N) is 4. The van der Waals surface area contributed by atoms with Crippen molar-refractivity contribution in [3.8, 4) is 11.5 Å². The second kappa shape index (κ2) is 14.8. The number of aromatic nitrogens is 1. The summed E-state index contributed by atoms with van der Waals surface area (Å²) in [6.45, 7) is 2.57. The van der Waals surface area contributed by atoms with Gasteiger partial charge in [-0.05, 0) is 72.9 Å². The summed E-state index contributed by atoms with van der Waals surface area (Å²) in [5, 5.41) is 12.4. The van der Waals surface area contributed by atoms with Gasteiger partial charge in [-0.2, -0.15) is 18.2 Å². The Morgan fingerprint density at radius 2 is 1.62 bits per heavy atom. The molecule has 12 nitrogen and oxygen atoms in total. The number of carbonyl (C=O) groups is 4. The van der Waals surface area contributed by atoms with E-state index in [1.165, 1.54) is 18.1 Å². The normalized spacial score (nSPS) is 26.5. The SMILES string of the molecule is COc1cccc(C2C3=CCC4C(=O)N(c5ccc(N6CCOCC6)cc5)C(=O)C4C3CC3C(=O)N(Nc4ncc(C(F)(F)F)cc4Cl)C(=O)C32c2ccc(Cl)cc2)c1O. The van der Waals surface area contributed by atoms with Gasteiger partial charge < -0.3 is 19.5 Å². The van der Waals surface area contributed by atoms with Crippen LogP contribution in [0.3, 0.4) is 0 Å². The quantitative estimate of drug-likeness (QED) is 0.146. The molecular weight excluding hydrogens is 826 g/mol. The van der Waals surface area contributed by atoms with E-state index in [0.29, 0.717) is 65.4 Å². The summed E-state index contributed by atoms with van der Waals surface area (Å²) in [6.07, 6.45) is -2.36. The van der Waals surface area contributed by atoms with Crippen LogP contribution in [0, 0.1) is 23.7 Å². The zero-order valence-electron chi connectivity index (χ0n) is 31.8. The molecule has 60 heavy (non-hydrogen) atoms. The molecule has 4 fully saturated rings. The highest BCUT2D eigenvalue weighted by molar-refractivity contribution is 6.33. The summed E-state index contributed by atoms with van der Waals surface area (Å²) in [4.78, 5) is 66.6.